The van der Waals surface area contributed by atoms with Crippen LogP contribution >= 0.6 is 11.6 Å². The van der Waals surface area contributed by atoms with Crippen molar-refractivity contribution in [2.45, 2.75) is 32.1 Å². The zero-order valence-electron chi connectivity index (χ0n) is 11.8. The van der Waals surface area contributed by atoms with Gasteiger partial charge in [-0.1, -0.05) is 18.5 Å². The second kappa shape index (κ2) is 6.89. The number of rotatable bonds is 4. The van der Waals surface area contributed by atoms with E-state index < -0.39 is 19.0 Å². The van der Waals surface area contributed by atoms with Crippen molar-refractivity contribution in [1.29, 1.82) is 0 Å². The van der Waals surface area contributed by atoms with Gasteiger partial charge in [0.25, 0.3) is 0 Å². The number of nitroso groups, excluding NO2 is 1. The Hall–Kier alpha value is -1.93. The Balaban J connectivity index is 2.29. The molecule has 1 aromatic carbocycles. The number of hydrogen-bond donors (Lipinski definition) is 2. The summed E-state index contributed by atoms with van der Waals surface area (Å²) in [5, 5.41) is 15.2. The molecule has 0 saturated heterocycles. The molecule has 1 heterocycles. The summed E-state index contributed by atoms with van der Waals surface area (Å²) in [6, 6.07) is 2.82. The molecule has 2 rings (SSSR count). The van der Waals surface area contributed by atoms with Crippen LogP contribution in [0.2, 0.25) is 5.02 Å². The van der Waals surface area contributed by atoms with Gasteiger partial charge in [-0.05, 0) is 30.5 Å². The summed E-state index contributed by atoms with van der Waals surface area (Å²) in [5.41, 5.74) is 0.418. The molecule has 0 unspecified atom stereocenters. The van der Waals surface area contributed by atoms with E-state index in [0.717, 1.165) is 0 Å². The summed E-state index contributed by atoms with van der Waals surface area (Å²) < 4.78 is 5.30. The van der Waals surface area contributed by atoms with Gasteiger partial charge in [0.05, 0.1) is 11.5 Å². The molecule has 9 heteroatoms. The average Bonchev–Trinajstić information content (AvgIpc) is 2.47. The fourth-order valence-electron chi connectivity index (χ4n) is 2.32. The molecule has 0 saturated carbocycles. The molecule has 0 radical (unpaired) electrons. The van der Waals surface area contributed by atoms with Crippen LogP contribution in [0, 0.1) is 4.91 Å². The van der Waals surface area contributed by atoms with Crippen LogP contribution in [0.3, 0.4) is 0 Å². The lowest BCUT2D eigenvalue weighted by Crippen LogP contribution is -2.53. The van der Waals surface area contributed by atoms with Crippen LogP contribution in [0.15, 0.2) is 17.3 Å². The van der Waals surface area contributed by atoms with Crippen LogP contribution in [0.5, 0.6) is 5.75 Å². The topological polar surface area (TPSA) is 105 Å². The first kappa shape index (κ1) is 16.4. The van der Waals surface area contributed by atoms with Crippen molar-refractivity contribution >= 4 is 30.5 Å². The second-order valence-electron chi connectivity index (χ2n) is 4.97. The van der Waals surface area contributed by atoms with E-state index in [9.17, 15) is 19.5 Å². The lowest BCUT2D eigenvalue weighted by atomic mass is 9.72. The number of benzene rings is 1. The molecule has 0 aromatic heterocycles. The highest BCUT2D eigenvalue weighted by Crippen LogP contribution is 2.33. The number of nitrogens with one attached hydrogen (secondary N) is 1. The molecule has 1 aliphatic heterocycles. The highest BCUT2D eigenvalue weighted by atomic mass is 35.5. The van der Waals surface area contributed by atoms with Gasteiger partial charge in [-0.25, -0.2) is 0 Å². The maximum atomic E-state index is 11.6. The zero-order valence-corrected chi connectivity index (χ0v) is 12.6. The van der Waals surface area contributed by atoms with Crippen LogP contribution in [0.25, 0.3) is 0 Å². The van der Waals surface area contributed by atoms with Crippen LogP contribution in [0.1, 0.15) is 35.7 Å². The number of nitrogens with zero attached hydrogens (tertiary/aromatic N) is 1. The minimum Gasteiger partial charge on any atom is -0.534 e. The number of fused-ring (bicyclic) bond motifs is 1. The SMILES string of the molecule is CCCC(=O)N[C@H]1Cc2cc(Cl)cc(C(=O)N=O)c2OB1O. The molecule has 7 nitrogen and oxygen atoms in total. The molecular weight excluding hydrogens is 310 g/mol. The molecule has 2 N–H and O–H groups in total. The van der Waals surface area contributed by atoms with Crippen molar-refractivity contribution in [2.75, 3.05) is 0 Å². The van der Waals surface area contributed by atoms with Crippen LogP contribution < -0.4 is 9.97 Å². The fourth-order valence-corrected chi connectivity index (χ4v) is 2.56. The fraction of sp³-hybridized carbons (Fsp3) is 0.385. The maximum absolute atomic E-state index is 11.6. The molecule has 0 spiro atoms. The summed E-state index contributed by atoms with van der Waals surface area (Å²) in [7, 11) is -1.33. The normalized spacial score (nSPS) is 16.5. The van der Waals surface area contributed by atoms with Crippen molar-refractivity contribution in [3.05, 3.63) is 33.2 Å². The highest BCUT2D eigenvalue weighted by Gasteiger charge is 2.38. The molecule has 1 atom stereocenters. The summed E-state index contributed by atoms with van der Waals surface area (Å²) in [4.78, 5) is 33.6. The third kappa shape index (κ3) is 3.45. The first-order valence-corrected chi connectivity index (χ1v) is 7.18. The van der Waals surface area contributed by atoms with Crippen LogP contribution in [0.4, 0.5) is 0 Å². The molecule has 0 aliphatic carbocycles. The summed E-state index contributed by atoms with van der Waals surface area (Å²) in [6.45, 7) is 1.87. The summed E-state index contributed by atoms with van der Waals surface area (Å²) >= 11 is 5.92. The Bertz CT molecular complexity index is 625. The largest absolute Gasteiger partial charge is 0.547 e. The lowest BCUT2D eigenvalue weighted by Gasteiger charge is -2.29. The van der Waals surface area contributed by atoms with Gasteiger partial charge in [0.2, 0.25) is 5.91 Å². The maximum Gasteiger partial charge on any atom is 0.547 e. The van der Waals surface area contributed by atoms with E-state index in [2.05, 4.69) is 10.5 Å². The Morgan fingerprint density at radius 1 is 1.55 bits per heavy atom. The molecule has 0 bridgehead atoms. The number of amides is 2. The van der Waals surface area contributed by atoms with Crippen molar-refractivity contribution in [1.82, 2.24) is 5.32 Å². The quantitative estimate of drug-likeness (QED) is 0.645. The van der Waals surface area contributed by atoms with Gasteiger partial charge in [-0.15, -0.1) is 4.91 Å². The van der Waals surface area contributed by atoms with Crippen molar-refractivity contribution in [2.24, 2.45) is 5.18 Å². The van der Waals surface area contributed by atoms with Crippen molar-refractivity contribution < 1.29 is 19.3 Å². The predicted molar refractivity (Wildman–Crippen MR) is 80.7 cm³/mol. The van der Waals surface area contributed by atoms with Gasteiger partial charge >= 0.3 is 13.0 Å². The van der Waals surface area contributed by atoms with E-state index in [-0.39, 0.29) is 28.7 Å². The molecule has 116 valence electrons. The third-order valence-electron chi connectivity index (χ3n) is 3.29. The predicted octanol–water partition coefficient (Wildman–Crippen LogP) is 1.49. The monoisotopic (exact) mass is 324 g/mol. The molecule has 1 aromatic rings. The Kier molecular flexibility index (Phi) is 5.15. The van der Waals surface area contributed by atoms with Crippen LogP contribution in [-0.4, -0.2) is 29.9 Å². The minimum atomic E-state index is -1.33. The number of carbonyl (C=O) groups is 2. The smallest absolute Gasteiger partial charge is 0.534 e. The first-order chi connectivity index (χ1) is 10.5. The van der Waals surface area contributed by atoms with Crippen molar-refractivity contribution in [3.63, 3.8) is 0 Å². The van der Waals surface area contributed by atoms with E-state index >= 15 is 0 Å². The summed E-state index contributed by atoms with van der Waals surface area (Å²) in [6.07, 6.45) is 1.25. The molecular formula is C13H14BClN2O5. The van der Waals surface area contributed by atoms with E-state index in [1.165, 1.54) is 6.07 Å². The van der Waals surface area contributed by atoms with E-state index in [1.807, 2.05) is 6.92 Å². The number of hydrogen-bond acceptors (Lipinski definition) is 5. The summed E-state index contributed by atoms with van der Waals surface area (Å²) in [5.74, 6) is -1.81. The number of halogens is 1. The Morgan fingerprint density at radius 3 is 2.91 bits per heavy atom. The standard InChI is InChI=1S/C13H14BClN2O5/c1-2-3-11(18)16-10-5-7-4-8(15)6-9(13(19)17-21)12(7)22-14(10)20/h4,6,10,20H,2-3,5H2,1H3,(H,16,18)/t10-/m0/s1. The van der Waals surface area contributed by atoms with Gasteiger partial charge in [-0.3, -0.25) is 9.59 Å². The second-order valence-corrected chi connectivity index (χ2v) is 5.41. The van der Waals surface area contributed by atoms with Crippen LogP contribution in [-0.2, 0) is 11.2 Å². The minimum absolute atomic E-state index is 0.0718. The zero-order chi connectivity index (χ0) is 16.3. The number of carbonyl (C=O) groups excluding carboxylic acids is 2. The Morgan fingerprint density at radius 2 is 2.27 bits per heavy atom. The van der Waals surface area contributed by atoms with Gasteiger partial charge in [-0.2, -0.15) is 0 Å². The Labute approximate surface area is 132 Å². The molecule has 1 aliphatic rings. The van der Waals surface area contributed by atoms with Crippen molar-refractivity contribution in [3.8, 4) is 5.75 Å². The molecule has 22 heavy (non-hydrogen) atoms. The highest BCUT2D eigenvalue weighted by molar-refractivity contribution is 6.47. The third-order valence-corrected chi connectivity index (χ3v) is 3.51. The average molecular weight is 325 g/mol. The molecule has 0 fully saturated rings. The van der Waals surface area contributed by atoms with Gasteiger partial charge in [0, 0.05) is 16.6 Å². The lowest BCUT2D eigenvalue weighted by molar-refractivity contribution is -0.121. The van der Waals surface area contributed by atoms with Gasteiger partial charge in [0.1, 0.15) is 5.75 Å². The first-order valence-electron chi connectivity index (χ1n) is 6.80. The van der Waals surface area contributed by atoms with E-state index in [0.29, 0.717) is 18.4 Å². The van der Waals surface area contributed by atoms with Gasteiger partial charge in [0.15, 0.2) is 0 Å². The van der Waals surface area contributed by atoms with Gasteiger partial charge < -0.3 is 15.0 Å². The molecule has 2 amide bonds. The van der Waals surface area contributed by atoms with E-state index in [1.54, 1.807) is 6.07 Å². The van der Waals surface area contributed by atoms with E-state index in [4.69, 9.17) is 16.3 Å².